The van der Waals surface area contributed by atoms with Crippen LogP contribution in [0.25, 0.3) is 0 Å². The predicted octanol–water partition coefficient (Wildman–Crippen LogP) is 2.33. The van der Waals surface area contributed by atoms with Crippen LogP contribution < -0.4 is 11.5 Å². The monoisotopic (exact) mass is 314 g/mol. The lowest BCUT2D eigenvalue weighted by molar-refractivity contribution is -0.137. The Morgan fingerprint density at radius 1 is 1.19 bits per heavy atom. The van der Waals surface area contributed by atoms with Crippen molar-refractivity contribution in [1.82, 2.24) is 9.97 Å². The highest BCUT2D eigenvalue weighted by atomic mass is 32.2. The van der Waals surface area contributed by atoms with Gasteiger partial charge in [0.05, 0.1) is 23.0 Å². The number of alkyl halides is 3. The van der Waals surface area contributed by atoms with Crippen LogP contribution in [0.5, 0.6) is 0 Å². The van der Waals surface area contributed by atoms with Gasteiger partial charge in [0.1, 0.15) is 10.1 Å². The minimum atomic E-state index is -4.45. The number of carbonyl (C=O) groups excluding carboxylic acids is 1. The van der Waals surface area contributed by atoms with Crippen LogP contribution in [0.3, 0.4) is 0 Å². The predicted molar refractivity (Wildman–Crippen MR) is 70.5 cm³/mol. The molecule has 2 aromatic heterocycles. The fraction of sp³-hybridized carbons (Fsp3) is 0.0833. The summed E-state index contributed by atoms with van der Waals surface area (Å²) in [5, 5.41) is 0.478. The Balaban J connectivity index is 2.28. The molecule has 0 bridgehead atoms. The number of nitrogens with two attached hydrogens (primary N) is 2. The van der Waals surface area contributed by atoms with E-state index >= 15 is 0 Å². The number of hydrogen-bond donors (Lipinski definition) is 2. The van der Waals surface area contributed by atoms with E-state index in [2.05, 4.69) is 9.97 Å². The quantitative estimate of drug-likeness (QED) is 0.906. The van der Waals surface area contributed by atoms with E-state index in [0.717, 1.165) is 17.8 Å². The summed E-state index contributed by atoms with van der Waals surface area (Å²) >= 11 is 0.925. The number of anilines is 1. The molecule has 0 aliphatic rings. The summed E-state index contributed by atoms with van der Waals surface area (Å²) in [5.41, 5.74) is 10.2. The molecule has 21 heavy (non-hydrogen) atoms. The molecule has 0 radical (unpaired) electrons. The van der Waals surface area contributed by atoms with Crippen LogP contribution in [0.4, 0.5) is 18.9 Å². The summed E-state index contributed by atoms with van der Waals surface area (Å²) in [5.74, 6) is -0.732. The van der Waals surface area contributed by atoms with Crippen molar-refractivity contribution in [3.63, 3.8) is 0 Å². The highest BCUT2D eigenvalue weighted by Gasteiger charge is 2.30. The maximum Gasteiger partial charge on any atom is 0.417 e. The van der Waals surface area contributed by atoms with Gasteiger partial charge >= 0.3 is 6.18 Å². The third kappa shape index (κ3) is 3.63. The minimum Gasteiger partial charge on any atom is -0.397 e. The zero-order chi connectivity index (χ0) is 15.6. The highest BCUT2D eigenvalue weighted by Crippen LogP contribution is 2.32. The lowest BCUT2D eigenvalue weighted by atomic mass is 10.2. The van der Waals surface area contributed by atoms with Crippen molar-refractivity contribution in [3.05, 3.63) is 41.7 Å². The lowest BCUT2D eigenvalue weighted by Crippen LogP contribution is -2.13. The molecule has 0 aliphatic carbocycles. The topological polar surface area (TPSA) is 94.9 Å². The molecule has 0 fully saturated rings. The van der Waals surface area contributed by atoms with Gasteiger partial charge in [-0.25, -0.2) is 9.97 Å². The van der Waals surface area contributed by atoms with Crippen molar-refractivity contribution in [3.8, 4) is 0 Å². The van der Waals surface area contributed by atoms with Gasteiger partial charge in [-0.15, -0.1) is 0 Å². The van der Waals surface area contributed by atoms with Gasteiger partial charge < -0.3 is 11.5 Å². The zero-order valence-corrected chi connectivity index (χ0v) is 11.2. The van der Waals surface area contributed by atoms with Gasteiger partial charge in [0, 0.05) is 6.20 Å². The van der Waals surface area contributed by atoms with Crippen LogP contribution in [0.15, 0.2) is 40.6 Å². The Labute approximate surface area is 121 Å². The molecule has 0 saturated carbocycles. The van der Waals surface area contributed by atoms with Crippen molar-refractivity contribution in [2.45, 2.75) is 16.2 Å². The molecule has 2 rings (SSSR count). The molecule has 5 nitrogen and oxygen atoms in total. The van der Waals surface area contributed by atoms with E-state index in [1.54, 1.807) is 0 Å². The standard InChI is InChI=1S/C12H9F3N4OS/c13-12(14,15)6-1-2-9(18-4-6)21-11-8(10(17)20)3-7(16)5-19-11/h1-5H,16H2,(H2,17,20). The number of primary amides is 1. The second kappa shape index (κ2) is 5.60. The van der Waals surface area contributed by atoms with E-state index in [0.29, 0.717) is 6.20 Å². The van der Waals surface area contributed by atoms with Gasteiger partial charge in [-0.2, -0.15) is 13.2 Å². The maximum absolute atomic E-state index is 12.4. The molecule has 1 amide bonds. The van der Waals surface area contributed by atoms with Crippen LogP contribution in [0.1, 0.15) is 15.9 Å². The lowest BCUT2D eigenvalue weighted by Gasteiger charge is -2.08. The molecular formula is C12H9F3N4OS. The minimum absolute atomic E-state index is 0.0849. The Morgan fingerprint density at radius 3 is 2.43 bits per heavy atom. The third-order valence-corrected chi connectivity index (χ3v) is 3.37. The van der Waals surface area contributed by atoms with Crippen molar-refractivity contribution in [1.29, 1.82) is 0 Å². The number of halogens is 3. The summed E-state index contributed by atoms with van der Waals surface area (Å²) in [6.07, 6.45) is -2.42. The number of nitrogen functional groups attached to an aromatic ring is 1. The number of hydrogen-bond acceptors (Lipinski definition) is 5. The molecule has 0 spiro atoms. The van der Waals surface area contributed by atoms with E-state index in [1.165, 1.54) is 18.3 Å². The van der Waals surface area contributed by atoms with Crippen LogP contribution in [0, 0.1) is 0 Å². The number of rotatable bonds is 3. The van der Waals surface area contributed by atoms with Crippen molar-refractivity contribution in [2.24, 2.45) is 5.73 Å². The largest absolute Gasteiger partial charge is 0.417 e. The molecule has 9 heteroatoms. The van der Waals surface area contributed by atoms with Crippen molar-refractivity contribution in [2.75, 3.05) is 5.73 Å². The summed E-state index contributed by atoms with van der Waals surface area (Å²) in [4.78, 5) is 18.9. The van der Waals surface area contributed by atoms with Gasteiger partial charge in [-0.05, 0) is 30.0 Å². The maximum atomic E-state index is 12.4. The van der Waals surface area contributed by atoms with E-state index in [4.69, 9.17) is 11.5 Å². The molecule has 2 heterocycles. The number of amides is 1. The molecule has 0 aromatic carbocycles. The second-order valence-corrected chi connectivity index (χ2v) is 4.98. The van der Waals surface area contributed by atoms with E-state index in [9.17, 15) is 18.0 Å². The highest BCUT2D eigenvalue weighted by molar-refractivity contribution is 7.99. The Hall–Kier alpha value is -2.29. The first-order valence-electron chi connectivity index (χ1n) is 5.54. The van der Waals surface area contributed by atoms with Crippen molar-refractivity contribution < 1.29 is 18.0 Å². The molecule has 0 atom stereocenters. The summed E-state index contributed by atoms with van der Waals surface area (Å²) in [6, 6.07) is 3.44. The average Bonchev–Trinajstić information content (AvgIpc) is 2.40. The first-order chi connectivity index (χ1) is 9.77. The number of aromatic nitrogens is 2. The van der Waals surface area contributed by atoms with Crippen LogP contribution in [-0.2, 0) is 6.18 Å². The molecule has 0 unspecified atom stereocenters. The van der Waals surface area contributed by atoms with Crippen molar-refractivity contribution >= 4 is 23.4 Å². The molecule has 4 N–H and O–H groups in total. The normalized spacial score (nSPS) is 11.4. The first-order valence-corrected chi connectivity index (χ1v) is 6.35. The summed E-state index contributed by atoms with van der Waals surface area (Å²) in [6.45, 7) is 0. The molecule has 0 aliphatic heterocycles. The number of nitrogens with zero attached hydrogens (tertiary/aromatic N) is 2. The summed E-state index contributed by atoms with van der Waals surface area (Å²) < 4.78 is 37.3. The third-order valence-electron chi connectivity index (χ3n) is 2.40. The van der Waals surface area contributed by atoms with E-state index in [-0.39, 0.29) is 21.3 Å². The Kier molecular flexibility index (Phi) is 4.03. The SMILES string of the molecule is NC(=O)c1cc(N)cnc1Sc1ccc(C(F)(F)F)cn1. The van der Waals surface area contributed by atoms with E-state index < -0.39 is 17.6 Å². The Bertz CT molecular complexity index is 673. The fourth-order valence-corrected chi connectivity index (χ4v) is 2.25. The average molecular weight is 314 g/mol. The van der Waals surface area contributed by atoms with Gasteiger partial charge in [0.15, 0.2) is 0 Å². The van der Waals surface area contributed by atoms with Gasteiger partial charge in [0.2, 0.25) is 0 Å². The number of pyridine rings is 2. The molecule has 2 aromatic rings. The van der Waals surface area contributed by atoms with Gasteiger partial charge in [-0.3, -0.25) is 4.79 Å². The summed E-state index contributed by atoms with van der Waals surface area (Å²) in [7, 11) is 0. The number of carbonyl (C=O) groups is 1. The zero-order valence-electron chi connectivity index (χ0n) is 10.4. The van der Waals surface area contributed by atoms with Crippen LogP contribution in [-0.4, -0.2) is 15.9 Å². The molecule has 0 saturated heterocycles. The fourth-order valence-electron chi connectivity index (χ4n) is 1.43. The van der Waals surface area contributed by atoms with Gasteiger partial charge in [-0.1, -0.05) is 0 Å². The molecule has 110 valence electrons. The Morgan fingerprint density at radius 2 is 1.90 bits per heavy atom. The first kappa shape index (κ1) is 15.1. The van der Waals surface area contributed by atoms with Crippen LogP contribution in [0.2, 0.25) is 0 Å². The molecular weight excluding hydrogens is 305 g/mol. The van der Waals surface area contributed by atoms with E-state index in [1.807, 2.05) is 0 Å². The van der Waals surface area contributed by atoms with Crippen LogP contribution >= 0.6 is 11.8 Å². The van der Waals surface area contributed by atoms with Gasteiger partial charge in [0.25, 0.3) is 5.91 Å². The smallest absolute Gasteiger partial charge is 0.397 e. The second-order valence-electron chi connectivity index (χ2n) is 3.97.